The lowest BCUT2D eigenvalue weighted by Crippen LogP contribution is -3.00. The summed E-state index contributed by atoms with van der Waals surface area (Å²) >= 11 is 0. The molecule has 0 unspecified atom stereocenters. The van der Waals surface area contributed by atoms with Gasteiger partial charge in [-0.2, -0.15) is 4.57 Å². The Morgan fingerprint density at radius 1 is 1.00 bits per heavy atom. The first-order valence-corrected chi connectivity index (χ1v) is 4.53. The molecule has 2 rings (SSSR count). The van der Waals surface area contributed by atoms with Crippen LogP contribution in [0.1, 0.15) is 5.56 Å². The SMILES string of the molecule is Fc1ccc[n+](Cc2ccccc2)c1.[Br-]. The number of aromatic nitrogens is 1. The second-order valence-electron chi connectivity index (χ2n) is 3.18. The molecule has 0 amide bonds. The van der Waals surface area contributed by atoms with Crippen molar-refractivity contribution in [1.29, 1.82) is 0 Å². The zero-order chi connectivity index (χ0) is 9.80. The molecule has 0 aliphatic carbocycles. The molecule has 0 spiro atoms. The highest BCUT2D eigenvalue weighted by molar-refractivity contribution is 5.13. The van der Waals surface area contributed by atoms with Gasteiger partial charge in [0.05, 0.1) is 0 Å². The minimum Gasteiger partial charge on any atom is -1.00 e. The third-order valence-electron chi connectivity index (χ3n) is 2.03. The molecule has 0 N–H and O–H groups in total. The molecule has 0 saturated carbocycles. The molecule has 3 heteroatoms. The van der Waals surface area contributed by atoms with Gasteiger partial charge in [0.25, 0.3) is 0 Å². The smallest absolute Gasteiger partial charge is 0.205 e. The maximum atomic E-state index is 12.8. The second kappa shape index (κ2) is 5.61. The lowest BCUT2D eigenvalue weighted by molar-refractivity contribution is -0.689. The van der Waals surface area contributed by atoms with Crippen molar-refractivity contribution in [1.82, 2.24) is 0 Å². The Morgan fingerprint density at radius 3 is 2.40 bits per heavy atom. The van der Waals surface area contributed by atoms with Gasteiger partial charge < -0.3 is 17.0 Å². The minimum absolute atomic E-state index is 0. The average Bonchev–Trinajstić information content (AvgIpc) is 2.19. The molecular formula is C12H11BrFN. The molecule has 1 aromatic heterocycles. The van der Waals surface area contributed by atoms with Crippen LogP contribution in [-0.2, 0) is 6.54 Å². The monoisotopic (exact) mass is 267 g/mol. The van der Waals surface area contributed by atoms with E-state index >= 15 is 0 Å². The van der Waals surface area contributed by atoms with E-state index in [1.807, 2.05) is 41.1 Å². The summed E-state index contributed by atoms with van der Waals surface area (Å²) in [6.07, 6.45) is 3.35. The number of hydrogen-bond acceptors (Lipinski definition) is 0. The van der Waals surface area contributed by atoms with Crippen molar-refractivity contribution < 1.29 is 25.9 Å². The lowest BCUT2D eigenvalue weighted by Gasteiger charge is -1.96. The van der Waals surface area contributed by atoms with Crippen LogP contribution >= 0.6 is 0 Å². The molecule has 15 heavy (non-hydrogen) atoms. The summed E-state index contributed by atoms with van der Waals surface area (Å²) in [7, 11) is 0. The molecule has 0 atom stereocenters. The van der Waals surface area contributed by atoms with Gasteiger partial charge in [-0.25, -0.2) is 4.39 Å². The molecule has 1 heterocycles. The summed E-state index contributed by atoms with van der Waals surface area (Å²) in [5, 5.41) is 0. The average molecular weight is 268 g/mol. The van der Waals surface area contributed by atoms with Gasteiger partial charge in [0.15, 0.2) is 18.6 Å². The van der Waals surface area contributed by atoms with Crippen LogP contribution in [0.5, 0.6) is 0 Å². The highest BCUT2D eigenvalue weighted by atomic mass is 79.9. The third kappa shape index (κ3) is 3.44. The standard InChI is InChI=1S/C12H11FN.BrH/c13-12-7-4-8-14(10-12)9-11-5-2-1-3-6-11;/h1-8,10H,9H2;1H/q+1;/p-1. The number of benzene rings is 1. The van der Waals surface area contributed by atoms with E-state index < -0.39 is 0 Å². The fourth-order valence-corrected chi connectivity index (χ4v) is 1.38. The third-order valence-corrected chi connectivity index (χ3v) is 2.03. The van der Waals surface area contributed by atoms with Crippen molar-refractivity contribution in [2.24, 2.45) is 0 Å². The van der Waals surface area contributed by atoms with Crippen LogP contribution in [0, 0.1) is 5.82 Å². The topological polar surface area (TPSA) is 3.88 Å². The zero-order valence-electron chi connectivity index (χ0n) is 8.11. The van der Waals surface area contributed by atoms with Crippen molar-refractivity contribution in [2.45, 2.75) is 6.54 Å². The van der Waals surface area contributed by atoms with Crippen LogP contribution in [-0.4, -0.2) is 0 Å². The molecule has 0 aliphatic rings. The van der Waals surface area contributed by atoms with E-state index in [1.165, 1.54) is 17.8 Å². The van der Waals surface area contributed by atoms with Gasteiger partial charge in [-0.05, 0) is 6.07 Å². The Bertz CT molecular complexity index is 417. The van der Waals surface area contributed by atoms with Gasteiger partial charge >= 0.3 is 0 Å². The summed E-state index contributed by atoms with van der Waals surface area (Å²) in [5.41, 5.74) is 1.17. The first kappa shape index (κ1) is 11.9. The van der Waals surface area contributed by atoms with Crippen molar-refractivity contribution in [3.8, 4) is 0 Å². The number of halogens is 2. The van der Waals surface area contributed by atoms with E-state index in [9.17, 15) is 4.39 Å². The molecule has 1 nitrogen and oxygen atoms in total. The van der Waals surface area contributed by atoms with E-state index in [0.29, 0.717) is 6.54 Å². The van der Waals surface area contributed by atoms with Gasteiger partial charge in [0.2, 0.25) is 6.20 Å². The fraction of sp³-hybridized carbons (Fsp3) is 0.0833. The summed E-state index contributed by atoms with van der Waals surface area (Å²) in [6, 6.07) is 13.1. The van der Waals surface area contributed by atoms with Gasteiger partial charge in [-0.1, -0.05) is 30.3 Å². The van der Waals surface area contributed by atoms with E-state index in [2.05, 4.69) is 0 Å². The van der Waals surface area contributed by atoms with Crippen molar-refractivity contribution in [3.05, 3.63) is 66.2 Å². The normalized spacial score (nSPS) is 9.40. The molecule has 0 saturated heterocycles. The summed E-state index contributed by atoms with van der Waals surface area (Å²) in [6.45, 7) is 0.707. The summed E-state index contributed by atoms with van der Waals surface area (Å²) in [5.74, 6) is -0.205. The molecule has 2 aromatic rings. The quantitative estimate of drug-likeness (QED) is 0.626. The number of nitrogens with zero attached hydrogens (tertiary/aromatic N) is 1. The Hall–Kier alpha value is -1.22. The molecule has 78 valence electrons. The van der Waals surface area contributed by atoms with Crippen LogP contribution in [0.25, 0.3) is 0 Å². The fourth-order valence-electron chi connectivity index (χ4n) is 1.38. The van der Waals surface area contributed by atoms with Gasteiger partial charge in [-0.3, -0.25) is 0 Å². The molecule has 0 radical (unpaired) electrons. The highest BCUT2D eigenvalue weighted by Gasteiger charge is 2.02. The Balaban J connectivity index is 0.00000112. The Labute approximate surface area is 99.0 Å². The predicted molar refractivity (Wildman–Crippen MR) is 52.1 cm³/mol. The van der Waals surface area contributed by atoms with Crippen LogP contribution in [0.3, 0.4) is 0 Å². The predicted octanol–water partition coefficient (Wildman–Crippen LogP) is -0.834. The van der Waals surface area contributed by atoms with Gasteiger partial charge in [0.1, 0.15) is 0 Å². The first-order chi connectivity index (χ1) is 6.84. The van der Waals surface area contributed by atoms with E-state index in [-0.39, 0.29) is 22.8 Å². The molecular weight excluding hydrogens is 257 g/mol. The Morgan fingerprint density at radius 2 is 1.73 bits per heavy atom. The van der Waals surface area contributed by atoms with Crippen molar-refractivity contribution in [2.75, 3.05) is 0 Å². The summed E-state index contributed by atoms with van der Waals surface area (Å²) < 4.78 is 14.7. The van der Waals surface area contributed by atoms with Crippen LogP contribution in [0.4, 0.5) is 4.39 Å². The maximum absolute atomic E-state index is 12.8. The number of rotatable bonds is 2. The largest absolute Gasteiger partial charge is 1.00 e. The zero-order valence-corrected chi connectivity index (χ0v) is 9.69. The molecule has 0 fully saturated rings. The van der Waals surface area contributed by atoms with Crippen LogP contribution in [0.2, 0.25) is 0 Å². The summed E-state index contributed by atoms with van der Waals surface area (Å²) in [4.78, 5) is 0. The van der Waals surface area contributed by atoms with Gasteiger partial charge in [0, 0.05) is 11.6 Å². The number of pyridine rings is 1. The molecule has 0 bridgehead atoms. The molecule has 1 aromatic carbocycles. The van der Waals surface area contributed by atoms with Crippen LogP contribution < -0.4 is 21.5 Å². The maximum Gasteiger partial charge on any atom is 0.205 e. The number of hydrogen-bond donors (Lipinski definition) is 0. The van der Waals surface area contributed by atoms with Crippen molar-refractivity contribution >= 4 is 0 Å². The molecule has 0 aliphatic heterocycles. The van der Waals surface area contributed by atoms with Gasteiger partial charge in [-0.15, -0.1) is 0 Å². The highest BCUT2D eigenvalue weighted by Crippen LogP contribution is 1.97. The van der Waals surface area contributed by atoms with E-state index in [0.717, 1.165) is 0 Å². The van der Waals surface area contributed by atoms with E-state index in [1.54, 1.807) is 6.07 Å². The lowest BCUT2D eigenvalue weighted by atomic mass is 10.2. The van der Waals surface area contributed by atoms with E-state index in [4.69, 9.17) is 0 Å². The Kier molecular flexibility index (Phi) is 4.43. The minimum atomic E-state index is -0.205. The van der Waals surface area contributed by atoms with Crippen molar-refractivity contribution in [3.63, 3.8) is 0 Å². The van der Waals surface area contributed by atoms with Crippen LogP contribution in [0.15, 0.2) is 54.9 Å². The second-order valence-corrected chi connectivity index (χ2v) is 3.18. The first-order valence-electron chi connectivity index (χ1n) is 4.53.